The van der Waals surface area contributed by atoms with Crippen LogP contribution in [0.25, 0.3) is 0 Å². The van der Waals surface area contributed by atoms with Gasteiger partial charge in [-0.3, -0.25) is 10.1 Å². The smallest absolute Gasteiger partial charge is 0.378 e. The van der Waals surface area contributed by atoms with Crippen LogP contribution in [0.3, 0.4) is 0 Å². The molecule has 2 rings (SSSR count). The first-order valence-corrected chi connectivity index (χ1v) is 7.70. The fraction of sp³-hybridized carbons (Fsp3) is 0.562. The Hall–Kier alpha value is -1.60. The predicted octanol–water partition coefficient (Wildman–Crippen LogP) is 2.56. The van der Waals surface area contributed by atoms with Crippen LogP contribution < -0.4 is 10.6 Å². The molecule has 1 aliphatic heterocycles. The molecule has 2 N–H and O–H groups in total. The fourth-order valence-corrected chi connectivity index (χ4v) is 2.57. The number of halogens is 3. The summed E-state index contributed by atoms with van der Waals surface area (Å²) in [5.74, 6) is -0.451. The fourth-order valence-electron chi connectivity index (χ4n) is 2.57. The zero-order valence-electron chi connectivity index (χ0n) is 12.7. The largest absolute Gasteiger partial charge is 0.407 e. The molecule has 23 heavy (non-hydrogen) atoms. The number of carbonyl (C=O) groups excluding carboxylic acids is 1. The second-order valence-corrected chi connectivity index (χ2v) is 5.54. The van der Waals surface area contributed by atoms with Crippen molar-refractivity contribution in [3.63, 3.8) is 0 Å². The molecule has 0 spiro atoms. The predicted molar refractivity (Wildman–Crippen MR) is 79.8 cm³/mol. The zero-order chi connectivity index (χ0) is 16.7. The van der Waals surface area contributed by atoms with E-state index >= 15 is 0 Å². The summed E-state index contributed by atoms with van der Waals surface area (Å²) >= 11 is 0. The number of ether oxygens (including phenoxy) is 1. The number of nitrogens with one attached hydrogen (secondary N) is 2. The van der Waals surface area contributed by atoms with Crippen LogP contribution in [0.2, 0.25) is 0 Å². The van der Waals surface area contributed by atoms with Gasteiger partial charge in [0.1, 0.15) is 6.04 Å². The Labute approximate surface area is 133 Å². The molecule has 128 valence electrons. The quantitative estimate of drug-likeness (QED) is 0.808. The second kappa shape index (κ2) is 8.31. The van der Waals surface area contributed by atoms with Crippen molar-refractivity contribution in [2.24, 2.45) is 0 Å². The van der Waals surface area contributed by atoms with E-state index in [0.717, 1.165) is 19.4 Å². The Bertz CT molecular complexity index is 488. The summed E-state index contributed by atoms with van der Waals surface area (Å²) in [4.78, 5) is 11.7. The van der Waals surface area contributed by atoms with Gasteiger partial charge < -0.3 is 10.1 Å². The lowest BCUT2D eigenvalue weighted by Gasteiger charge is -2.22. The molecule has 1 aromatic carbocycles. The first kappa shape index (κ1) is 17.7. The molecule has 2 atom stereocenters. The molecule has 0 bridgehead atoms. The minimum absolute atomic E-state index is 0.0900. The molecule has 0 aliphatic carbocycles. The first-order chi connectivity index (χ1) is 11.0. The molecule has 1 heterocycles. The van der Waals surface area contributed by atoms with Crippen LogP contribution in [-0.2, 0) is 9.53 Å². The molecule has 0 unspecified atom stereocenters. The lowest BCUT2D eigenvalue weighted by atomic mass is 10.1. The van der Waals surface area contributed by atoms with Gasteiger partial charge in [0.05, 0.1) is 12.6 Å². The van der Waals surface area contributed by atoms with Gasteiger partial charge in [0.25, 0.3) is 0 Å². The molecule has 0 aromatic heterocycles. The van der Waals surface area contributed by atoms with E-state index in [9.17, 15) is 18.0 Å². The lowest BCUT2D eigenvalue weighted by molar-refractivity contribution is -0.158. The Morgan fingerprint density at radius 3 is 2.65 bits per heavy atom. The highest BCUT2D eigenvalue weighted by Crippen LogP contribution is 2.32. The van der Waals surface area contributed by atoms with Gasteiger partial charge in [-0.25, -0.2) is 0 Å². The molecule has 0 saturated carbocycles. The maximum Gasteiger partial charge on any atom is 0.407 e. The number of carbonyl (C=O) groups is 1. The minimum atomic E-state index is -4.46. The van der Waals surface area contributed by atoms with Crippen molar-refractivity contribution in [2.75, 3.05) is 19.7 Å². The maximum atomic E-state index is 13.1. The highest BCUT2D eigenvalue weighted by molar-refractivity contribution is 5.78. The van der Waals surface area contributed by atoms with Gasteiger partial charge in [-0.05, 0) is 24.8 Å². The molecule has 1 fully saturated rings. The van der Waals surface area contributed by atoms with Gasteiger partial charge in [0.2, 0.25) is 5.91 Å². The van der Waals surface area contributed by atoms with E-state index in [1.165, 1.54) is 24.3 Å². The summed E-state index contributed by atoms with van der Waals surface area (Å²) in [6, 6.07) is 5.65. The van der Waals surface area contributed by atoms with Crippen molar-refractivity contribution in [1.82, 2.24) is 10.6 Å². The molecule has 7 heteroatoms. The van der Waals surface area contributed by atoms with E-state index in [2.05, 4.69) is 10.6 Å². The Morgan fingerprint density at radius 1 is 1.30 bits per heavy atom. The Morgan fingerprint density at radius 2 is 2.04 bits per heavy atom. The van der Waals surface area contributed by atoms with Crippen LogP contribution in [0.15, 0.2) is 30.3 Å². The SMILES string of the molecule is O=C(CN[C@@H](c1ccccc1)C(F)(F)F)NCC[C@@H]1CCCO1. The molecule has 0 radical (unpaired) electrons. The van der Waals surface area contributed by atoms with Gasteiger partial charge in [-0.1, -0.05) is 30.3 Å². The zero-order valence-corrected chi connectivity index (χ0v) is 12.7. The van der Waals surface area contributed by atoms with Crippen LogP contribution in [0.1, 0.15) is 30.9 Å². The Balaban J connectivity index is 1.77. The first-order valence-electron chi connectivity index (χ1n) is 7.70. The molecular formula is C16H21F3N2O2. The third-order valence-corrected chi connectivity index (χ3v) is 3.74. The minimum Gasteiger partial charge on any atom is -0.378 e. The van der Waals surface area contributed by atoms with E-state index in [4.69, 9.17) is 4.74 Å². The summed E-state index contributed by atoms with van der Waals surface area (Å²) in [5, 5.41) is 4.90. The molecule has 1 aliphatic rings. The van der Waals surface area contributed by atoms with Crippen LogP contribution in [0.5, 0.6) is 0 Å². The van der Waals surface area contributed by atoms with E-state index in [0.29, 0.717) is 13.0 Å². The van der Waals surface area contributed by atoms with Crippen molar-refractivity contribution >= 4 is 5.91 Å². The average molecular weight is 330 g/mol. The van der Waals surface area contributed by atoms with Crippen molar-refractivity contribution < 1.29 is 22.7 Å². The van der Waals surface area contributed by atoms with Crippen LogP contribution >= 0.6 is 0 Å². The van der Waals surface area contributed by atoms with Gasteiger partial charge in [0.15, 0.2) is 0 Å². The number of hydrogen-bond donors (Lipinski definition) is 2. The number of benzene rings is 1. The van der Waals surface area contributed by atoms with Crippen molar-refractivity contribution in [3.05, 3.63) is 35.9 Å². The van der Waals surface area contributed by atoms with Crippen molar-refractivity contribution in [3.8, 4) is 0 Å². The van der Waals surface area contributed by atoms with Gasteiger partial charge in [-0.2, -0.15) is 13.2 Å². The summed E-state index contributed by atoms with van der Waals surface area (Å²) in [5.41, 5.74) is 0.0900. The topological polar surface area (TPSA) is 50.4 Å². The number of amides is 1. The molecular weight excluding hydrogens is 309 g/mol. The maximum absolute atomic E-state index is 13.1. The molecule has 1 aromatic rings. The van der Waals surface area contributed by atoms with Gasteiger partial charge in [0, 0.05) is 13.2 Å². The summed E-state index contributed by atoms with van der Waals surface area (Å²) < 4.78 is 44.7. The third-order valence-electron chi connectivity index (χ3n) is 3.74. The monoisotopic (exact) mass is 330 g/mol. The van der Waals surface area contributed by atoms with Crippen LogP contribution in [-0.4, -0.2) is 37.9 Å². The summed E-state index contributed by atoms with van der Waals surface area (Å²) in [6.07, 6.45) is -1.63. The van der Waals surface area contributed by atoms with Gasteiger partial charge in [-0.15, -0.1) is 0 Å². The standard InChI is InChI=1S/C16H21F3N2O2/c17-16(18,19)15(12-5-2-1-3-6-12)21-11-14(22)20-9-8-13-7-4-10-23-13/h1-3,5-6,13,15,21H,4,7-11H2,(H,20,22)/t13-,15-/m0/s1. The van der Waals surface area contributed by atoms with E-state index in [1.54, 1.807) is 6.07 Å². The average Bonchev–Trinajstić information content (AvgIpc) is 3.00. The second-order valence-electron chi connectivity index (χ2n) is 5.54. The summed E-state index contributed by atoms with van der Waals surface area (Å²) in [7, 11) is 0. The molecule has 1 amide bonds. The van der Waals surface area contributed by atoms with E-state index < -0.39 is 18.1 Å². The Kier molecular flexibility index (Phi) is 6.41. The van der Waals surface area contributed by atoms with Crippen molar-refractivity contribution in [1.29, 1.82) is 0 Å². The molecule has 4 nitrogen and oxygen atoms in total. The van der Waals surface area contributed by atoms with Crippen LogP contribution in [0.4, 0.5) is 13.2 Å². The molecule has 1 saturated heterocycles. The third kappa shape index (κ3) is 5.84. The van der Waals surface area contributed by atoms with Gasteiger partial charge >= 0.3 is 6.18 Å². The van der Waals surface area contributed by atoms with Crippen molar-refractivity contribution in [2.45, 2.75) is 37.6 Å². The highest BCUT2D eigenvalue weighted by atomic mass is 19.4. The lowest BCUT2D eigenvalue weighted by Crippen LogP contribution is -2.41. The van der Waals surface area contributed by atoms with E-state index in [1.807, 2.05) is 0 Å². The number of hydrogen-bond acceptors (Lipinski definition) is 3. The number of rotatable bonds is 7. The van der Waals surface area contributed by atoms with E-state index in [-0.39, 0.29) is 18.2 Å². The summed E-state index contributed by atoms with van der Waals surface area (Å²) in [6.45, 7) is 0.766. The van der Waals surface area contributed by atoms with Crippen LogP contribution in [0, 0.1) is 0 Å². The normalized spacial score (nSPS) is 19.5. The number of alkyl halides is 3. The highest BCUT2D eigenvalue weighted by Gasteiger charge is 2.40.